The maximum Gasteiger partial charge on any atom is 0.258 e. The molecule has 2 aromatic carbocycles. The molecule has 1 amide bonds. The highest BCUT2D eigenvalue weighted by Crippen LogP contribution is 2.27. The van der Waals surface area contributed by atoms with E-state index >= 15 is 0 Å². The Morgan fingerprint density at radius 3 is 2.85 bits per heavy atom. The molecule has 1 aromatic heterocycles. The molecule has 0 spiro atoms. The van der Waals surface area contributed by atoms with Crippen molar-refractivity contribution >= 4 is 61.5 Å². The predicted octanol–water partition coefficient (Wildman–Crippen LogP) is 5.42. The molecule has 0 atom stereocenters. The number of hydrogen-bond acceptors (Lipinski definition) is 4. The zero-order chi connectivity index (χ0) is 18.5. The molecule has 3 aromatic rings. The molecule has 0 fully saturated rings. The first-order valence-corrected chi connectivity index (χ1v) is 9.93. The zero-order valence-electron chi connectivity index (χ0n) is 14.2. The molecule has 0 aliphatic heterocycles. The lowest BCUT2D eigenvalue weighted by Gasteiger charge is -2.08. The van der Waals surface area contributed by atoms with Gasteiger partial charge in [0.2, 0.25) is 0 Å². The van der Waals surface area contributed by atoms with E-state index in [0.29, 0.717) is 15.7 Å². The maximum atomic E-state index is 12.2. The minimum Gasteiger partial charge on any atom is -0.308 e. The largest absolute Gasteiger partial charge is 0.308 e. The van der Waals surface area contributed by atoms with Crippen LogP contribution in [0.25, 0.3) is 10.2 Å². The van der Waals surface area contributed by atoms with Gasteiger partial charge in [-0.1, -0.05) is 54.5 Å². The van der Waals surface area contributed by atoms with Gasteiger partial charge in [-0.25, -0.2) is 4.98 Å². The van der Waals surface area contributed by atoms with E-state index in [4.69, 9.17) is 23.8 Å². The SMILES string of the molecule is CCCCc1ccc2nc(NC(=S)NC(=O)c3ccccc3Cl)sc2c1. The van der Waals surface area contributed by atoms with Crippen LogP contribution in [0.2, 0.25) is 5.02 Å². The number of hydrogen-bond donors (Lipinski definition) is 2. The Bertz CT molecular complexity index is 955. The van der Waals surface area contributed by atoms with E-state index in [0.717, 1.165) is 16.6 Å². The number of halogens is 1. The van der Waals surface area contributed by atoms with Crippen LogP contribution in [0.4, 0.5) is 5.13 Å². The summed E-state index contributed by atoms with van der Waals surface area (Å²) in [4.78, 5) is 16.8. The molecule has 0 radical (unpaired) electrons. The topological polar surface area (TPSA) is 54.0 Å². The molecule has 26 heavy (non-hydrogen) atoms. The van der Waals surface area contributed by atoms with E-state index in [1.165, 1.54) is 29.7 Å². The number of aromatic nitrogens is 1. The second-order valence-electron chi connectivity index (χ2n) is 5.81. The van der Waals surface area contributed by atoms with Gasteiger partial charge >= 0.3 is 0 Å². The third-order valence-electron chi connectivity index (χ3n) is 3.84. The van der Waals surface area contributed by atoms with Crippen LogP contribution in [-0.4, -0.2) is 16.0 Å². The summed E-state index contributed by atoms with van der Waals surface area (Å²) in [7, 11) is 0. The number of benzene rings is 2. The first kappa shape index (κ1) is 18.8. The van der Waals surface area contributed by atoms with Crippen molar-refractivity contribution in [3.05, 3.63) is 58.6 Å². The van der Waals surface area contributed by atoms with Gasteiger partial charge in [0.15, 0.2) is 10.2 Å². The second-order valence-corrected chi connectivity index (χ2v) is 7.66. The van der Waals surface area contributed by atoms with E-state index in [1.807, 2.05) is 6.07 Å². The van der Waals surface area contributed by atoms with Crippen LogP contribution in [0, 0.1) is 0 Å². The highest BCUT2D eigenvalue weighted by atomic mass is 35.5. The lowest BCUT2D eigenvalue weighted by molar-refractivity contribution is 0.0978. The van der Waals surface area contributed by atoms with Crippen LogP contribution < -0.4 is 10.6 Å². The highest BCUT2D eigenvalue weighted by Gasteiger charge is 2.12. The van der Waals surface area contributed by atoms with Gasteiger partial charge in [0, 0.05) is 0 Å². The lowest BCUT2D eigenvalue weighted by atomic mass is 10.1. The Morgan fingerprint density at radius 2 is 2.08 bits per heavy atom. The van der Waals surface area contributed by atoms with Crippen molar-refractivity contribution in [2.75, 3.05) is 5.32 Å². The van der Waals surface area contributed by atoms with Gasteiger partial charge in [-0.3, -0.25) is 10.1 Å². The van der Waals surface area contributed by atoms with Gasteiger partial charge in [-0.15, -0.1) is 0 Å². The van der Waals surface area contributed by atoms with E-state index in [2.05, 4.69) is 34.7 Å². The number of unbranched alkanes of at least 4 members (excludes halogenated alkanes) is 1. The number of anilines is 1. The van der Waals surface area contributed by atoms with Gasteiger partial charge in [0.1, 0.15) is 0 Å². The molecule has 2 N–H and O–H groups in total. The average molecular weight is 404 g/mol. The van der Waals surface area contributed by atoms with Crippen LogP contribution in [0.3, 0.4) is 0 Å². The molecule has 4 nitrogen and oxygen atoms in total. The fourth-order valence-corrected chi connectivity index (χ4v) is 3.91. The number of amides is 1. The molecular weight excluding hydrogens is 386 g/mol. The summed E-state index contributed by atoms with van der Waals surface area (Å²) in [6.07, 6.45) is 3.42. The average Bonchev–Trinajstić information content (AvgIpc) is 3.01. The smallest absolute Gasteiger partial charge is 0.258 e. The number of nitrogens with zero attached hydrogens (tertiary/aromatic N) is 1. The normalized spacial score (nSPS) is 10.7. The van der Waals surface area contributed by atoms with Crippen LogP contribution in [0.15, 0.2) is 42.5 Å². The van der Waals surface area contributed by atoms with E-state index in [9.17, 15) is 4.79 Å². The summed E-state index contributed by atoms with van der Waals surface area (Å²) in [6, 6.07) is 13.1. The molecule has 0 aliphatic carbocycles. The van der Waals surface area contributed by atoms with Gasteiger partial charge in [0.25, 0.3) is 5.91 Å². The second kappa shape index (κ2) is 8.58. The number of carbonyl (C=O) groups excluding carboxylic acids is 1. The summed E-state index contributed by atoms with van der Waals surface area (Å²) < 4.78 is 1.10. The maximum absolute atomic E-state index is 12.2. The Morgan fingerprint density at radius 1 is 1.27 bits per heavy atom. The summed E-state index contributed by atoms with van der Waals surface area (Å²) in [5.74, 6) is -0.351. The van der Waals surface area contributed by atoms with Gasteiger partial charge in [-0.2, -0.15) is 0 Å². The number of rotatable bonds is 5. The first-order valence-electron chi connectivity index (χ1n) is 8.33. The summed E-state index contributed by atoms with van der Waals surface area (Å²) >= 11 is 12.8. The summed E-state index contributed by atoms with van der Waals surface area (Å²) in [6.45, 7) is 2.19. The molecule has 1 heterocycles. The third-order valence-corrected chi connectivity index (χ3v) is 5.31. The van der Waals surface area contributed by atoms with Crippen molar-refractivity contribution in [2.24, 2.45) is 0 Å². The number of thiocarbonyl (C=S) groups is 1. The zero-order valence-corrected chi connectivity index (χ0v) is 16.6. The molecule has 0 saturated carbocycles. The van der Waals surface area contributed by atoms with Crippen molar-refractivity contribution < 1.29 is 4.79 Å². The van der Waals surface area contributed by atoms with Gasteiger partial charge in [-0.05, 0) is 54.9 Å². The van der Waals surface area contributed by atoms with Crippen molar-refractivity contribution in [1.29, 1.82) is 0 Å². The fraction of sp³-hybridized carbons (Fsp3) is 0.211. The number of fused-ring (bicyclic) bond motifs is 1. The number of thiazole rings is 1. The molecule has 134 valence electrons. The van der Waals surface area contributed by atoms with Crippen LogP contribution in [0.5, 0.6) is 0 Å². The van der Waals surface area contributed by atoms with Crippen LogP contribution in [-0.2, 0) is 6.42 Å². The number of carbonyl (C=O) groups is 1. The highest BCUT2D eigenvalue weighted by molar-refractivity contribution is 7.80. The summed E-state index contributed by atoms with van der Waals surface area (Å²) in [5.41, 5.74) is 2.60. The lowest BCUT2D eigenvalue weighted by Crippen LogP contribution is -2.34. The minimum atomic E-state index is -0.351. The monoisotopic (exact) mass is 403 g/mol. The third kappa shape index (κ3) is 4.58. The van der Waals surface area contributed by atoms with Crippen molar-refractivity contribution in [3.8, 4) is 0 Å². The van der Waals surface area contributed by atoms with E-state index < -0.39 is 0 Å². The van der Waals surface area contributed by atoms with Gasteiger partial charge in [0.05, 0.1) is 20.8 Å². The Kier molecular flexibility index (Phi) is 6.19. The standard InChI is InChI=1S/C19H18ClN3OS2/c1-2-3-6-12-9-10-15-16(11-12)26-19(21-15)23-18(25)22-17(24)13-7-4-5-8-14(13)20/h4-5,7-11H,2-3,6H2,1H3,(H2,21,22,23,24,25). The van der Waals surface area contributed by atoms with Crippen LogP contribution in [0.1, 0.15) is 35.7 Å². The van der Waals surface area contributed by atoms with E-state index in [1.54, 1.807) is 24.3 Å². The quantitative estimate of drug-likeness (QED) is 0.558. The van der Waals surface area contributed by atoms with Crippen molar-refractivity contribution in [2.45, 2.75) is 26.2 Å². The summed E-state index contributed by atoms with van der Waals surface area (Å²) in [5, 5.41) is 6.84. The molecular formula is C19H18ClN3OS2. The molecule has 0 bridgehead atoms. The Hall–Kier alpha value is -2.02. The Balaban J connectivity index is 1.67. The number of aryl methyl sites for hydroxylation is 1. The molecule has 0 aliphatic rings. The first-order chi connectivity index (χ1) is 12.6. The Labute approximate surface area is 166 Å². The van der Waals surface area contributed by atoms with Crippen molar-refractivity contribution in [1.82, 2.24) is 10.3 Å². The predicted molar refractivity (Wildman–Crippen MR) is 113 cm³/mol. The fourth-order valence-electron chi connectivity index (χ4n) is 2.50. The van der Waals surface area contributed by atoms with Crippen LogP contribution >= 0.6 is 35.2 Å². The molecule has 7 heteroatoms. The minimum absolute atomic E-state index is 0.195. The van der Waals surface area contributed by atoms with Gasteiger partial charge < -0.3 is 5.32 Å². The molecule has 0 saturated heterocycles. The molecule has 3 rings (SSSR count). The number of nitrogens with one attached hydrogen (secondary N) is 2. The van der Waals surface area contributed by atoms with Crippen molar-refractivity contribution in [3.63, 3.8) is 0 Å². The molecule has 0 unspecified atom stereocenters. The van der Waals surface area contributed by atoms with E-state index in [-0.39, 0.29) is 11.0 Å².